The van der Waals surface area contributed by atoms with Crippen LogP contribution in [0.5, 0.6) is 0 Å². The van der Waals surface area contributed by atoms with E-state index in [0.29, 0.717) is 13.1 Å². The van der Waals surface area contributed by atoms with Crippen molar-refractivity contribution in [2.75, 3.05) is 0 Å². The number of aryl methyl sites for hydroxylation is 5. The van der Waals surface area contributed by atoms with Gasteiger partial charge in [0.15, 0.2) is 11.6 Å². The van der Waals surface area contributed by atoms with E-state index in [0.717, 1.165) is 93.8 Å². The maximum atomic E-state index is 14.0. The number of Topliss-reactive ketones (excluding diaryl/α,β-unsaturated/α-hetero) is 2. The predicted molar refractivity (Wildman–Crippen MR) is 180 cm³/mol. The fraction of sp³-hybridized carbons (Fsp3) is 0.368. The van der Waals surface area contributed by atoms with E-state index in [1.807, 2.05) is 27.0 Å². The third kappa shape index (κ3) is 4.49. The van der Waals surface area contributed by atoms with Gasteiger partial charge in [-0.25, -0.2) is 9.97 Å². The van der Waals surface area contributed by atoms with Gasteiger partial charge in [0.2, 0.25) is 0 Å². The summed E-state index contributed by atoms with van der Waals surface area (Å²) in [5, 5.41) is 2.10. The summed E-state index contributed by atoms with van der Waals surface area (Å²) in [5.41, 5.74) is 9.60. The number of hydrogen-bond acceptors (Lipinski definition) is 4. The lowest BCUT2D eigenvalue weighted by molar-refractivity contribution is 0.0880. The molecule has 0 fully saturated rings. The molecule has 2 aliphatic rings. The molecule has 46 heavy (non-hydrogen) atoms. The van der Waals surface area contributed by atoms with Gasteiger partial charge in [-0.2, -0.15) is 0 Å². The van der Waals surface area contributed by atoms with Crippen molar-refractivity contribution < 1.29 is 9.59 Å². The number of carbonyl (C=O) groups excluding carboxylic acids is 2. The van der Waals surface area contributed by atoms with Crippen molar-refractivity contribution in [2.45, 2.75) is 66.0 Å². The van der Waals surface area contributed by atoms with Gasteiger partial charge in [0.25, 0.3) is 0 Å². The molecule has 0 saturated heterocycles. The van der Waals surface area contributed by atoms with Crippen LogP contribution in [0.2, 0.25) is 0 Å². The summed E-state index contributed by atoms with van der Waals surface area (Å²) in [7, 11) is 4.17. The molecule has 234 valence electrons. The molecular formula is C38H40N6O2. The quantitative estimate of drug-likeness (QED) is 0.216. The normalized spacial score (nSPS) is 18.1. The molecule has 2 aromatic carbocycles. The molecule has 8 rings (SSSR count). The highest BCUT2D eigenvalue weighted by Crippen LogP contribution is 2.37. The summed E-state index contributed by atoms with van der Waals surface area (Å²) in [5.74, 6) is 2.27. The van der Waals surface area contributed by atoms with Crippen molar-refractivity contribution in [3.05, 3.63) is 106 Å². The van der Waals surface area contributed by atoms with E-state index in [2.05, 4.69) is 84.9 Å². The van der Waals surface area contributed by atoms with Crippen LogP contribution in [-0.2, 0) is 46.4 Å². The molecule has 4 aromatic heterocycles. The number of carbonyl (C=O) groups is 2. The van der Waals surface area contributed by atoms with Gasteiger partial charge in [0.05, 0.1) is 5.69 Å². The predicted octanol–water partition coefficient (Wildman–Crippen LogP) is 6.47. The first-order chi connectivity index (χ1) is 22.2. The van der Waals surface area contributed by atoms with Crippen LogP contribution < -0.4 is 0 Å². The van der Waals surface area contributed by atoms with E-state index in [-0.39, 0.29) is 23.4 Å². The summed E-state index contributed by atoms with van der Waals surface area (Å²) >= 11 is 0. The van der Waals surface area contributed by atoms with Gasteiger partial charge in [-0.05, 0) is 88.3 Å². The Kier molecular flexibility index (Phi) is 6.67. The molecule has 4 heterocycles. The van der Waals surface area contributed by atoms with Crippen LogP contribution in [0.1, 0.15) is 73.4 Å². The Bertz CT molecular complexity index is 2200. The van der Waals surface area contributed by atoms with E-state index < -0.39 is 0 Å². The average molecular weight is 613 g/mol. The molecule has 0 amide bonds. The van der Waals surface area contributed by atoms with E-state index >= 15 is 0 Å². The number of nitrogens with zero attached hydrogens (tertiary/aromatic N) is 6. The second-order valence-electron chi connectivity index (χ2n) is 13.5. The number of rotatable bonds is 6. The minimum atomic E-state index is -0.0558. The first-order valence-corrected chi connectivity index (χ1v) is 16.4. The molecule has 2 aliphatic carbocycles. The van der Waals surface area contributed by atoms with E-state index in [1.165, 1.54) is 11.1 Å². The van der Waals surface area contributed by atoms with Crippen molar-refractivity contribution >= 4 is 33.4 Å². The second-order valence-corrected chi connectivity index (χ2v) is 13.5. The molecule has 0 saturated carbocycles. The zero-order valence-electron chi connectivity index (χ0n) is 27.3. The lowest BCUT2D eigenvalue weighted by Gasteiger charge is -2.23. The molecule has 0 radical (unpaired) electrons. The van der Waals surface area contributed by atoms with Crippen LogP contribution in [0.4, 0.5) is 0 Å². The van der Waals surface area contributed by atoms with Crippen molar-refractivity contribution in [1.29, 1.82) is 0 Å². The van der Waals surface area contributed by atoms with Gasteiger partial charge < -0.3 is 18.3 Å². The number of fused-ring (bicyclic) bond motifs is 6. The summed E-state index contributed by atoms with van der Waals surface area (Å²) in [6.07, 6.45) is 10.0. The highest BCUT2D eigenvalue weighted by atomic mass is 16.1. The second kappa shape index (κ2) is 10.7. The molecule has 8 heteroatoms. The Morgan fingerprint density at radius 1 is 0.739 bits per heavy atom. The smallest absolute Gasteiger partial charge is 0.170 e. The average Bonchev–Trinajstić information content (AvgIpc) is 3.75. The van der Waals surface area contributed by atoms with Crippen molar-refractivity contribution in [2.24, 2.45) is 25.9 Å². The van der Waals surface area contributed by atoms with Crippen LogP contribution in [0, 0.1) is 32.6 Å². The lowest BCUT2D eigenvalue weighted by Crippen LogP contribution is -2.27. The van der Waals surface area contributed by atoms with E-state index in [4.69, 9.17) is 0 Å². The number of imidazole rings is 2. The highest BCUT2D eigenvalue weighted by molar-refractivity contribution is 6.12. The van der Waals surface area contributed by atoms with Crippen LogP contribution in [0.15, 0.2) is 55.0 Å². The van der Waals surface area contributed by atoms with Crippen molar-refractivity contribution in [3.63, 3.8) is 0 Å². The number of aromatic nitrogens is 6. The summed E-state index contributed by atoms with van der Waals surface area (Å²) < 4.78 is 8.64. The van der Waals surface area contributed by atoms with Crippen molar-refractivity contribution in [3.8, 4) is 0 Å². The van der Waals surface area contributed by atoms with E-state index in [9.17, 15) is 9.59 Å². The molecule has 8 nitrogen and oxygen atoms in total. The number of hydrogen-bond donors (Lipinski definition) is 0. The number of ketones is 2. The Labute approximate surface area is 268 Å². The van der Waals surface area contributed by atoms with Gasteiger partial charge in [0, 0.05) is 102 Å². The van der Waals surface area contributed by atoms with Gasteiger partial charge in [0.1, 0.15) is 11.6 Å². The zero-order chi connectivity index (χ0) is 31.9. The monoisotopic (exact) mass is 612 g/mol. The van der Waals surface area contributed by atoms with Crippen LogP contribution >= 0.6 is 0 Å². The minimum absolute atomic E-state index is 0.0515. The topological polar surface area (TPSA) is 79.6 Å². The molecule has 2 unspecified atom stereocenters. The third-order valence-corrected chi connectivity index (χ3v) is 10.7. The summed E-state index contributed by atoms with van der Waals surface area (Å²) in [4.78, 5) is 36.9. The van der Waals surface area contributed by atoms with Crippen LogP contribution in [0.3, 0.4) is 0 Å². The Balaban J connectivity index is 1.11. The lowest BCUT2D eigenvalue weighted by atomic mass is 9.84. The fourth-order valence-corrected chi connectivity index (χ4v) is 8.24. The first kappa shape index (κ1) is 28.7. The van der Waals surface area contributed by atoms with Crippen molar-refractivity contribution in [1.82, 2.24) is 28.2 Å². The minimum Gasteiger partial charge on any atom is -0.347 e. The van der Waals surface area contributed by atoms with Gasteiger partial charge in [-0.3, -0.25) is 9.59 Å². The fourth-order valence-electron chi connectivity index (χ4n) is 8.24. The molecule has 0 spiro atoms. The Hall–Kier alpha value is -4.72. The Morgan fingerprint density at radius 3 is 1.76 bits per heavy atom. The highest BCUT2D eigenvalue weighted by Gasteiger charge is 2.34. The molecule has 0 N–H and O–H groups in total. The van der Waals surface area contributed by atoms with Gasteiger partial charge >= 0.3 is 0 Å². The largest absolute Gasteiger partial charge is 0.347 e. The Morgan fingerprint density at radius 2 is 1.28 bits per heavy atom. The summed E-state index contributed by atoms with van der Waals surface area (Å²) in [6.45, 7) is 7.34. The maximum Gasteiger partial charge on any atom is 0.170 e. The standard InChI is InChI=1S/C38H40N6O2/c1-22-19-44(24(3)40-22)21-28-9-13-34-36(38(28)46)30-18-26(7-11-32(30)42(34)5)16-25-6-10-31-29(17-25)35-33(41(31)4)12-8-27(37(35)45)20-43-15-14-39-23(43)2/h6-7,10-11,14-15,17-19,27-28H,8-9,12-13,16,20-21H2,1-5H3. The molecule has 0 bridgehead atoms. The van der Waals surface area contributed by atoms with E-state index in [1.54, 1.807) is 6.20 Å². The van der Waals surface area contributed by atoms with Gasteiger partial charge in [-0.1, -0.05) is 12.1 Å². The molecule has 2 atom stereocenters. The van der Waals surface area contributed by atoms with Gasteiger partial charge in [-0.15, -0.1) is 0 Å². The molecular weight excluding hydrogens is 572 g/mol. The SMILES string of the molecule is Cc1cn(CC2CCc3c(c4cc(Cc5ccc6c(c5)c5c(n6C)CCC(Cn6ccnc6C)C5=O)ccc4n3C)C2=O)c(C)n1. The third-order valence-electron chi connectivity index (χ3n) is 10.7. The molecule has 6 aromatic rings. The maximum absolute atomic E-state index is 14.0. The van der Waals surface area contributed by atoms with Crippen LogP contribution in [0.25, 0.3) is 21.8 Å². The van der Waals surface area contributed by atoms with Crippen LogP contribution in [-0.4, -0.2) is 39.8 Å². The zero-order valence-corrected chi connectivity index (χ0v) is 27.3. The molecule has 0 aliphatic heterocycles. The summed E-state index contributed by atoms with van der Waals surface area (Å²) in [6, 6.07) is 13.2. The first-order valence-electron chi connectivity index (χ1n) is 16.4. The number of benzene rings is 2.